The Hall–Kier alpha value is -2.17. The molecule has 1 heterocycles. The summed E-state index contributed by atoms with van der Waals surface area (Å²) in [6, 6.07) is 20.0. The zero-order valence-corrected chi connectivity index (χ0v) is 13.1. The van der Waals surface area contributed by atoms with Gasteiger partial charge in [0.25, 0.3) is 0 Å². The first-order chi connectivity index (χ1) is 11.2. The molecule has 0 unspecified atom stereocenters. The van der Waals surface area contributed by atoms with Gasteiger partial charge in [-0.2, -0.15) is 0 Å². The number of hydrogen-bond acceptors (Lipinski definition) is 3. The molecule has 0 radical (unpaired) electrons. The van der Waals surface area contributed by atoms with Crippen LogP contribution in [0.1, 0.15) is 17.0 Å². The summed E-state index contributed by atoms with van der Waals surface area (Å²) in [4.78, 5) is 14.1. The fourth-order valence-electron chi connectivity index (χ4n) is 3.01. The van der Waals surface area contributed by atoms with E-state index in [-0.39, 0.29) is 24.5 Å². The van der Waals surface area contributed by atoms with Crippen molar-refractivity contribution in [3.05, 3.63) is 71.8 Å². The van der Waals surface area contributed by atoms with Gasteiger partial charge in [-0.1, -0.05) is 60.7 Å². The minimum atomic E-state index is -0.0181. The summed E-state index contributed by atoms with van der Waals surface area (Å²) < 4.78 is 5.54. The van der Waals surface area contributed by atoms with Crippen LogP contribution in [-0.2, 0) is 16.1 Å². The van der Waals surface area contributed by atoms with Gasteiger partial charge in [-0.15, -0.1) is 0 Å². The molecule has 3 rings (SSSR count). The molecule has 1 amide bonds. The molecule has 2 aromatic carbocycles. The molecule has 1 aliphatic rings. The average molecular weight is 310 g/mol. The van der Waals surface area contributed by atoms with Gasteiger partial charge in [-0.3, -0.25) is 4.79 Å². The van der Waals surface area contributed by atoms with E-state index in [1.807, 2.05) is 53.4 Å². The van der Waals surface area contributed by atoms with Crippen LogP contribution in [0.25, 0.3) is 0 Å². The van der Waals surface area contributed by atoms with Crippen LogP contribution >= 0.6 is 0 Å². The van der Waals surface area contributed by atoms with Gasteiger partial charge in [0.05, 0.1) is 6.61 Å². The van der Waals surface area contributed by atoms with Crippen molar-refractivity contribution in [2.45, 2.75) is 18.6 Å². The number of carbonyl (C=O) groups excluding carboxylic acids is 1. The molecule has 0 aromatic heterocycles. The first-order valence-electron chi connectivity index (χ1n) is 7.94. The third kappa shape index (κ3) is 3.97. The number of likely N-dealkylation sites (tertiary alicyclic amines) is 1. The second kappa shape index (κ2) is 7.40. The van der Waals surface area contributed by atoms with Crippen molar-refractivity contribution >= 4 is 5.91 Å². The van der Waals surface area contributed by atoms with Crippen LogP contribution in [0.3, 0.4) is 0 Å². The molecule has 0 aliphatic carbocycles. The second-order valence-electron chi connectivity index (χ2n) is 5.96. The van der Waals surface area contributed by atoms with E-state index in [1.54, 1.807) is 0 Å². The van der Waals surface area contributed by atoms with Crippen LogP contribution in [0.15, 0.2) is 60.7 Å². The van der Waals surface area contributed by atoms with Crippen LogP contribution < -0.4 is 5.73 Å². The van der Waals surface area contributed by atoms with Gasteiger partial charge < -0.3 is 15.4 Å². The molecular weight excluding hydrogens is 288 g/mol. The van der Waals surface area contributed by atoms with Gasteiger partial charge in [0.2, 0.25) is 5.91 Å². The van der Waals surface area contributed by atoms with Crippen LogP contribution in [0, 0.1) is 0 Å². The van der Waals surface area contributed by atoms with E-state index in [0.717, 1.165) is 5.56 Å². The Morgan fingerprint density at radius 3 is 2.39 bits per heavy atom. The predicted octanol–water partition coefficient (Wildman–Crippen LogP) is 2.16. The van der Waals surface area contributed by atoms with Crippen molar-refractivity contribution in [1.82, 2.24) is 4.90 Å². The summed E-state index contributed by atoms with van der Waals surface area (Å²) in [6.45, 7) is 1.81. The highest BCUT2D eigenvalue weighted by atomic mass is 16.5. The summed E-state index contributed by atoms with van der Waals surface area (Å²) in [5.41, 5.74) is 8.49. The Balaban J connectivity index is 1.51. The summed E-state index contributed by atoms with van der Waals surface area (Å²) in [6.07, 6.45) is 0. The van der Waals surface area contributed by atoms with Gasteiger partial charge in [0.15, 0.2) is 0 Å². The fourth-order valence-corrected chi connectivity index (χ4v) is 3.01. The summed E-state index contributed by atoms with van der Waals surface area (Å²) in [5, 5.41) is 0. The molecule has 2 atom stereocenters. The molecule has 0 bridgehead atoms. The summed E-state index contributed by atoms with van der Waals surface area (Å²) >= 11 is 0. The zero-order valence-electron chi connectivity index (χ0n) is 13.1. The quantitative estimate of drug-likeness (QED) is 0.921. The van der Waals surface area contributed by atoms with Crippen LogP contribution in [0.2, 0.25) is 0 Å². The molecule has 0 saturated carbocycles. The number of ether oxygens (including phenoxy) is 1. The summed E-state index contributed by atoms with van der Waals surface area (Å²) in [7, 11) is 0. The number of carbonyl (C=O) groups is 1. The van der Waals surface area contributed by atoms with E-state index in [1.165, 1.54) is 5.56 Å². The van der Waals surface area contributed by atoms with E-state index < -0.39 is 0 Å². The van der Waals surface area contributed by atoms with E-state index >= 15 is 0 Å². The number of hydrogen-bond donors (Lipinski definition) is 1. The third-order valence-electron chi connectivity index (χ3n) is 4.28. The van der Waals surface area contributed by atoms with E-state index in [0.29, 0.717) is 19.7 Å². The lowest BCUT2D eigenvalue weighted by Crippen LogP contribution is -2.34. The molecule has 120 valence electrons. The van der Waals surface area contributed by atoms with Gasteiger partial charge in [-0.05, 0) is 11.1 Å². The highest BCUT2D eigenvalue weighted by Gasteiger charge is 2.33. The highest BCUT2D eigenvalue weighted by molar-refractivity contribution is 5.78. The number of amides is 1. The smallest absolute Gasteiger partial charge is 0.248 e. The number of rotatable bonds is 5. The standard InChI is InChI=1S/C19H22N2O2/c20-18-12-21(11-17(18)16-9-5-2-6-10-16)19(22)14-23-13-15-7-3-1-4-8-15/h1-10,17-18H,11-14,20H2/t17-,18+/m0/s1. The summed E-state index contributed by atoms with van der Waals surface area (Å²) in [5.74, 6) is 0.212. The molecule has 4 heteroatoms. The normalized spacial score (nSPS) is 20.7. The lowest BCUT2D eigenvalue weighted by atomic mass is 9.95. The Labute approximate surface area is 136 Å². The maximum Gasteiger partial charge on any atom is 0.248 e. The van der Waals surface area contributed by atoms with Gasteiger partial charge in [-0.25, -0.2) is 0 Å². The second-order valence-corrected chi connectivity index (χ2v) is 5.96. The molecule has 1 saturated heterocycles. The van der Waals surface area contributed by atoms with E-state index in [4.69, 9.17) is 10.5 Å². The van der Waals surface area contributed by atoms with Crippen molar-refractivity contribution in [3.8, 4) is 0 Å². The van der Waals surface area contributed by atoms with Crippen molar-refractivity contribution in [1.29, 1.82) is 0 Å². The van der Waals surface area contributed by atoms with Gasteiger partial charge >= 0.3 is 0 Å². The molecule has 4 nitrogen and oxygen atoms in total. The van der Waals surface area contributed by atoms with Crippen molar-refractivity contribution in [3.63, 3.8) is 0 Å². The number of nitrogens with zero attached hydrogens (tertiary/aromatic N) is 1. The molecule has 2 N–H and O–H groups in total. The molecular formula is C19H22N2O2. The molecule has 2 aromatic rings. The monoisotopic (exact) mass is 310 g/mol. The van der Waals surface area contributed by atoms with Crippen molar-refractivity contribution in [2.75, 3.05) is 19.7 Å². The lowest BCUT2D eigenvalue weighted by molar-refractivity contribution is -0.135. The first-order valence-corrected chi connectivity index (χ1v) is 7.94. The lowest BCUT2D eigenvalue weighted by Gasteiger charge is -2.16. The van der Waals surface area contributed by atoms with Gasteiger partial charge in [0.1, 0.15) is 6.61 Å². The van der Waals surface area contributed by atoms with E-state index in [2.05, 4.69) is 12.1 Å². The van der Waals surface area contributed by atoms with Gasteiger partial charge in [0, 0.05) is 25.0 Å². The topological polar surface area (TPSA) is 55.6 Å². The van der Waals surface area contributed by atoms with Crippen molar-refractivity contribution in [2.24, 2.45) is 5.73 Å². The van der Waals surface area contributed by atoms with Crippen LogP contribution in [-0.4, -0.2) is 36.5 Å². The number of nitrogens with two attached hydrogens (primary N) is 1. The first kappa shape index (κ1) is 15.7. The zero-order chi connectivity index (χ0) is 16.1. The fraction of sp³-hybridized carbons (Fsp3) is 0.316. The Morgan fingerprint density at radius 2 is 1.70 bits per heavy atom. The maximum atomic E-state index is 12.3. The molecule has 1 aliphatic heterocycles. The molecule has 1 fully saturated rings. The van der Waals surface area contributed by atoms with Crippen LogP contribution in [0.4, 0.5) is 0 Å². The minimum Gasteiger partial charge on any atom is -0.367 e. The predicted molar refractivity (Wildman–Crippen MR) is 89.8 cm³/mol. The largest absolute Gasteiger partial charge is 0.367 e. The number of benzene rings is 2. The highest BCUT2D eigenvalue weighted by Crippen LogP contribution is 2.26. The Kier molecular flexibility index (Phi) is 5.05. The SMILES string of the molecule is N[C@@H]1CN(C(=O)COCc2ccccc2)C[C@H]1c1ccccc1. The minimum absolute atomic E-state index is 0.00909. The Morgan fingerprint density at radius 1 is 1.04 bits per heavy atom. The van der Waals surface area contributed by atoms with E-state index in [9.17, 15) is 4.79 Å². The van der Waals surface area contributed by atoms with Crippen molar-refractivity contribution < 1.29 is 9.53 Å². The van der Waals surface area contributed by atoms with Crippen LogP contribution in [0.5, 0.6) is 0 Å². The molecule has 23 heavy (non-hydrogen) atoms. The third-order valence-corrected chi connectivity index (χ3v) is 4.28. The Bertz CT molecular complexity index is 630. The maximum absolute atomic E-state index is 12.3. The molecule has 0 spiro atoms. The average Bonchev–Trinajstić information content (AvgIpc) is 2.98.